The number of esters is 1. The predicted molar refractivity (Wildman–Crippen MR) is 95.5 cm³/mol. The van der Waals surface area contributed by atoms with E-state index in [2.05, 4.69) is 5.32 Å². The Labute approximate surface area is 153 Å². The fourth-order valence-corrected chi connectivity index (χ4v) is 3.27. The number of hydrogen-bond donors (Lipinski definition) is 2. The first-order valence-corrected chi connectivity index (χ1v) is 8.85. The summed E-state index contributed by atoms with van der Waals surface area (Å²) in [5, 5.41) is 12.4. The molecular formula is C19H26N2O5. The molecule has 1 fully saturated rings. The quantitative estimate of drug-likeness (QED) is 0.675. The molecule has 26 heavy (non-hydrogen) atoms. The molecule has 0 spiro atoms. The van der Waals surface area contributed by atoms with Gasteiger partial charge in [-0.3, -0.25) is 14.9 Å². The predicted octanol–water partition coefficient (Wildman–Crippen LogP) is 1.21. The number of likely N-dealkylation sites (tertiary alicyclic amines) is 1. The normalized spacial score (nSPS) is 19.0. The molecule has 0 aliphatic carbocycles. The Bertz CT molecular complexity index is 634. The van der Waals surface area contributed by atoms with E-state index < -0.39 is 30.1 Å². The Balaban J connectivity index is 1.95. The van der Waals surface area contributed by atoms with Crippen LogP contribution >= 0.6 is 0 Å². The van der Waals surface area contributed by atoms with E-state index in [9.17, 15) is 19.5 Å². The van der Waals surface area contributed by atoms with Gasteiger partial charge in [-0.1, -0.05) is 30.3 Å². The third kappa shape index (κ3) is 5.05. The fraction of sp³-hybridized carbons (Fsp3) is 0.526. The van der Waals surface area contributed by atoms with Gasteiger partial charge < -0.3 is 14.7 Å². The van der Waals surface area contributed by atoms with Crippen LogP contribution in [-0.2, 0) is 25.5 Å². The second kappa shape index (κ2) is 9.33. The number of ether oxygens (including phenoxy) is 1. The van der Waals surface area contributed by atoms with Gasteiger partial charge in [0.25, 0.3) is 0 Å². The van der Waals surface area contributed by atoms with Crippen LogP contribution in [0.3, 0.4) is 0 Å². The molecule has 7 heteroatoms. The summed E-state index contributed by atoms with van der Waals surface area (Å²) < 4.78 is 4.75. The van der Waals surface area contributed by atoms with Gasteiger partial charge >= 0.3 is 11.9 Å². The number of aliphatic carboxylic acids is 1. The van der Waals surface area contributed by atoms with Crippen LogP contribution in [-0.4, -0.2) is 59.6 Å². The van der Waals surface area contributed by atoms with Crippen molar-refractivity contribution in [2.24, 2.45) is 0 Å². The Hall–Kier alpha value is -2.41. The van der Waals surface area contributed by atoms with Crippen LogP contribution in [0.15, 0.2) is 30.3 Å². The molecule has 0 aromatic heterocycles. The monoisotopic (exact) mass is 362 g/mol. The molecule has 142 valence electrons. The average molecular weight is 362 g/mol. The molecule has 7 nitrogen and oxygen atoms in total. The molecule has 1 aliphatic rings. The number of rotatable bonds is 8. The zero-order valence-electron chi connectivity index (χ0n) is 15.2. The summed E-state index contributed by atoms with van der Waals surface area (Å²) in [4.78, 5) is 37.5. The van der Waals surface area contributed by atoms with Gasteiger partial charge in [0.15, 0.2) is 0 Å². The SMILES string of the molecule is COC(=O)C1CCCN1C(=O)C(C)NC(CCc1ccccc1)C(=O)O. The largest absolute Gasteiger partial charge is 0.480 e. The highest BCUT2D eigenvalue weighted by atomic mass is 16.5. The molecule has 2 N–H and O–H groups in total. The zero-order chi connectivity index (χ0) is 19.1. The lowest BCUT2D eigenvalue weighted by molar-refractivity contribution is -0.152. The number of nitrogens with zero attached hydrogens (tertiary/aromatic N) is 1. The van der Waals surface area contributed by atoms with Crippen LogP contribution in [0.1, 0.15) is 31.7 Å². The Kier molecular flexibility index (Phi) is 7.15. The van der Waals surface area contributed by atoms with Gasteiger partial charge in [0, 0.05) is 6.54 Å². The maximum Gasteiger partial charge on any atom is 0.328 e. The second-order valence-corrected chi connectivity index (χ2v) is 6.52. The maximum absolute atomic E-state index is 12.7. The van der Waals surface area contributed by atoms with E-state index >= 15 is 0 Å². The van der Waals surface area contributed by atoms with Crippen LogP contribution in [0.25, 0.3) is 0 Å². The molecule has 3 atom stereocenters. The number of carboxylic acids is 1. The molecule has 0 radical (unpaired) electrons. The van der Waals surface area contributed by atoms with Crippen molar-refractivity contribution in [3.63, 3.8) is 0 Å². The first-order chi connectivity index (χ1) is 12.4. The zero-order valence-corrected chi connectivity index (χ0v) is 15.2. The molecule has 1 heterocycles. The van der Waals surface area contributed by atoms with E-state index in [1.165, 1.54) is 12.0 Å². The summed E-state index contributed by atoms with van der Waals surface area (Å²) in [7, 11) is 1.30. The van der Waals surface area contributed by atoms with Crippen LogP contribution in [0.4, 0.5) is 0 Å². The van der Waals surface area contributed by atoms with Crippen molar-refractivity contribution in [2.45, 2.75) is 50.7 Å². The van der Waals surface area contributed by atoms with E-state index in [0.717, 1.165) is 12.0 Å². The topological polar surface area (TPSA) is 95.9 Å². The lowest BCUT2D eigenvalue weighted by Crippen LogP contribution is -2.53. The Morgan fingerprint density at radius 3 is 2.62 bits per heavy atom. The van der Waals surface area contributed by atoms with Crippen molar-refractivity contribution in [3.05, 3.63) is 35.9 Å². The number of methoxy groups -OCH3 is 1. The molecule has 3 unspecified atom stereocenters. The van der Waals surface area contributed by atoms with Crippen LogP contribution < -0.4 is 5.32 Å². The minimum absolute atomic E-state index is 0.274. The second-order valence-electron chi connectivity index (χ2n) is 6.52. The molecule has 2 rings (SSSR count). The highest BCUT2D eigenvalue weighted by molar-refractivity contribution is 5.88. The van der Waals surface area contributed by atoms with Gasteiger partial charge in [-0.05, 0) is 38.2 Å². The lowest BCUT2D eigenvalue weighted by Gasteiger charge is -2.27. The van der Waals surface area contributed by atoms with Crippen LogP contribution in [0, 0.1) is 0 Å². The molecule has 0 bridgehead atoms. The standard InChI is InChI=1S/C19H26N2O5/c1-13(17(22)21-12-6-9-16(21)19(25)26-2)20-15(18(23)24)11-10-14-7-4-3-5-8-14/h3-5,7-8,13,15-16,20H,6,9-12H2,1-2H3,(H,23,24). The summed E-state index contributed by atoms with van der Waals surface area (Å²) in [6.45, 7) is 2.11. The third-order valence-corrected chi connectivity index (χ3v) is 4.69. The van der Waals surface area contributed by atoms with Crippen molar-refractivity contribution in [1.82, 2.24) is 10.2 Å². The fourth-order valence-electron chi connectivity index (χ4n) is 3.27. The van der Waals surface area contributed by atoms with E-state index in [4.69, 9.17) is 4.74 Å². The molecule has 1 aromatic rings. The number of carboxylic acid groups (broad SMARTS) is 1. The number of aryl methyl sites for hydroxylation is 1. The van der Waals surface area contributed by atoms with Gasteiger partial charge in [-0.2, -0.15) is 0 Å². The number of nitrogens with one attached hydrogen (secondary N) is 1. The first-order valence-electron chi connectivity index (χ1n) is 8.85. The smallest absolute Gasteiger partial charge is 0.328 e. The van der Waals surface area contributed by atoms with Crippen molar-refractivity contribution >= 4 is 17.8 Å². The Morgan fingerprint density at radius 2 is 2.00 bits per heavy atom. The lowest BCUT2D eigenvalue weighted by atomic mass is 10.0. The summed E-state index contributed by atoms with van der Waals surface area (Å²) in [5.41, 5.74) is 1.05. The minimum atomic E-state index is -0.994. The highest BCUT2D eigenvalue weighted by Crippen LogP contribution is 2.19. The summed E-state index contributed by atoms with van der Waals surface area (Å²) >= 11 is 0. The van der Waals surface area contributed by atoms with Crippen molar-refractivity contribution in [2.75, 3.05) is 13.7 Å². The summed E-state index contributed by atoms with van der Waals surface area (Å²) in [6, 6.07) is 7.49. The molecule has 1 aliphatic heterocycles. The minimum Gasteiger partial charge on any atom is -0.480 e. The third-order valence-electron chi connectivity index (χ3n) is 4.69. The molecular weight excluding hydrogens is 336 g/mol. The average Bonchev–Trinajstić information content (AvgIpc) is 3.13. The van der Waals surface area contributed by atoms with Crippen LogP contribution in [0.2, 0.25) is 0 Å². The number of amides is 1. The molecule has 1 saturated heterocycles. The number of benzene rings is 1. The number of carbonyl (C=O) groups is 3. The van der Waals surface area contributed by atoms with E-state index in [0.29, 0.717) is 25.8 Å². The van der Waals surface area contributed by atoms with Gasteiger partial charge in [-0.15, -0.1) is 0 Å². The summed E-state index contributed by atoms with van der Waals surface area (Å²) in [5.74, 6) is -1.70. The van der Waals surface area contributed by atoms with Gasteiger partial charge in [0.05, 0.1) is 13.2 Å². The number of carbonyl (C=O) groups excluding carboxylic acids is 2. The van der Waals surface area contributed by atoms with Crippen molar-refractivity contribution < 1.29 is 24.2 Å². The first kappa shape index (κ1) is 19.9. The van der Waals surface area contributed by atoms with Crippen molar-refractivity contribution in [1.29, 1.82) is 0 Å². The van der Waals surface area contributed by atoms with Gasteiger partial charge in [-0.25, -0.2) is 4.79 Å². The van der Waals surface area contributed by atoms with Crippen molar-refractivity contribution in [3.8, 4) is 0 Å². The Morgan fingerprint density at radius 1 is 1.31 bits per heavy atom. The number of hydrogen-bond acceptors (Lipinski definition) is 5. The van der Waals surface area contributed by atoms with E-state index in [1.54, 1.807) is 6.92 Å². The highest BCUT2D eigenvalue weighted by Gasteiger charge is 2.37. The molecule has 1 amide bonds. The maximum atomic E-state index is 12.7. The van der Waals surface area contributed by atoms with Gasteiger partial charge in [0.1, 0.15) is 12.1 Å². The van der Waals surface area contributed by atoms with Gasteiger partial charge in [0.2, 0.25) is 5.91 Å². The van der Waals surface area contributed by atoms with E-state index in [1.807, 2.05) is 30.3 Å². The van der Waals surface area contributed by atoms with Crippen LogP contribution in [0.5, 0.6) is 0 Å². The summed E-state index contributed by atoms with van der Waals surface area (Å²) in [6.07, 6.45) is 2.27. The van der Waals surface area contributed by atoms with E-state index in [-0.39, 0.29) is 5.91 Å². The molecule has 1 aromatic carbocycles. The molecule has 0 saturated carbocycles.